The van der Waals surface area contributed by atoms with Crippen LogP contribution in [0.25, 0.3) is 0 Å². The zero-order valence-electron chi connectivity index (χ0n) is 15.6. The second-order valence-electron chi connectivity index (χ2n) is 8.72. The van der Waals surface area contributed by atoms with Crippen LogP contribution in [0.1, 0.15) is 43.2 Å². The van der Waals surface area contributed by atoms with Gasteiger partial charge in [-0.1, -0.05) is 6.07 Å². The number of carbonyl (C=O) groups excluding carboxylic acids is 1. The van der Waals surface area contributed by atoms with Crippen molar-refractivity contribution < 1.29 is 24.9 Å². The first-order chi connectivity index (χ1) is 13.0. The predicted molar refractivity (Wildman–Crippen MR) is 97.9 cm³/mol. The molecule has 2 aliphatic heterocycles. The Balaban J connectivity index is 0.000000777. The van der Waals surface area contributed by atoms with E-state index in [1.807, 2.05) is 6.07 Å². The van der Waals surface area contributed by atoms with Gasteiger partial charge in [-0.3, -0.25) is 9.69 Å². The van der Waals surface area contributed by atoms with Gasteiger partial charge in [0.15, 0.2) is 23.4 Å². The van der Waals surface area contributed by atoms with Crippen molar-refractivity contribution >= 4 is 5.78 Å². The summed E-state index contributed by atoms with van der Waals surface area (Å²) in [6, 6.07) is 3.69. The number of likely N-dealkylation sites (tertiary alicyclic amines) is 1. The summed E-state index contributed by atoms with van der Waals surface area (Å²) in [4.78, 5) is 15.2. The highest BCUT2D eigenvalue weighted by Gasteiger charge is 2.73. The van der Waals surface area contributed by atoms with Gasteiger partial charge in [0.2, 0.25) is 0 Å². The summed E-state index contributed by atoms with van der Waals surface area (Å²) < 4.78 is 6.04. The lowest BCUT2D eigenvalue weighted by atomic mass is 9.49. The van der Waals surface area contributed by atoms with Gasteiger partial charge in [-0.25, -0.2) is 0 Å². The van der Waals surface area contributed by atoms with E-state index in [2.05, 4.69) is 4.90 Å². The van der Waals surface area contributed by atoms with Crippen LogP contribution < -0.4 is 4.74 Å². The van der Waals surface area contributed by atoms with Gasteiger partial charge in [0, 0.05) is 31.7 Å². The Bertz CT molecular complexity index is 806. The van der Waals surface area contributed by atoms with Crippen LogP contribution in [0.5, 0.6) is 11.5 Å². The van der Waals surface area contributed by atoms with E-state index in [0.29, 0.717) is 18.6 Å². The minimum atomic E-state index is -0.940. The van der Waals surface area contributed by atoms with Gasteiger partial charge in [-0.05, 0) is 56.2 Å². The molecular formula is C21H27NO5. The van der Waals surface area contributed by atoms with E-state index in [4.69, 9.17) is 9.84 Å². The van der Waals surface area contributed by atoms with E-state index in [0.717, 1.165) is 50.1 Å². The molecule has 6 nitrogen and oxygen atoms in total. The third-order valence-electron chi connectivity index (χ3n) is 7.56. The lowest BCUT2D eigenvalue weighted by molar-refractivity contribution is -0.188. The molecule has 6 heteroatoms. The molecule has 27 heavy (non-hydrogen) atoms. The Hall–Kier alpha value is -1.63. The molecular weight excluding hydrogens is 346 g/mol. The Morgan fingerprint density at radius 3 is 2.78 bits per heavy atom. The van der Waals surface area contributed by atoms with Crippen LogP contribution in [0.4, 0.5) is 0 Å². The van der Waals surface area contributed by atoms with Crippen LogP contribution >= 0.6 is 0 Å². The van der Waals surface area contributed by atoms with Gasteiger partial charge in [-0.15, -0.1) is 0 Å². The topological polar surface area (TPSA) is 90.2 Å². The van der Waals surface area contributed by atoms with Crippen molar-refractivity contribution in [2.45, 2.75) is 61.7 Å². The molecule has 0 aromatic heterocycles. The van der Waals surface area contributed by atoms with Crippen molar-refractivity contribution in [3.8, 4) is 11.5 Å². The Kier molecular flexibility index (Phi) is 3.68. The fourth-order valence-corrected chi connectivity index (χ4v) is 6.26. The second-order valence-corrected chi connectivity index (χ2v) is 8.72. The molecule has 6 rings (SSSR count). The zero-order chi connectivity index (χ0) is 19.0. The third kappa shape index (κ3) is 2.04. The maximum absolute atomic E-state index is 12.7. The lowest BCUT2D eigenvalue weighted by Gasteiger charge is -2.62. The summed E-state index contributed by atoms with van der Waals surface area (Å²) in [6.45, 7) is 1.95. The van der Waals surface area contributed by atoms with Crippen LogP contribution in [-0.2, 0) is 16.6 Å². The number of hydrogen-bond acceptors (Lipinski definition) is 6. The molecule has 1 aromatic rings. The van der Waals surface area contributed by atoms with E-state index in [9.17, 15) is 15.0 Å². The first kappa shape index (κ1) is 17.5. The monoisotopic (exact) mass is 373 g/mol. The van der Waals surface area contributed by atoms with Crippen molar-refractivity contribution in [1.29, 1.82) is 0 Å². The van der Waals surface area contributed by atoms with Crippen molar-refractivity contribution in [2.75, 3.05) is 20.2 Å². The number of aliphatic hydroxyl groups is 2. The van der Waals surface area contributed by atoms with Gasteiger partial charge in [-0.2, -0.15) is 0 Å². The first-order valence-corrected chi connectivity index (χ1v) is 10.0. The van der Waals surface area contributed by atoms with E-state index in [-0.39, 0.29) is 17.6 Å². The Morgan fingerprint density at radius 1 is 1.26 bits per heavy atom. The van der Waals surface area contributed by atoms with Crippen molar-refractivity contribution in [2.24, 2.45) is 5.92 Å². The number of piperidine rings is 1. The summed E-state index contributed by atoms with van der Waals surface area (Å²) in [5.74, 6) is 1.39. The van der Waals surface area contributed by atoms with Gasteiger partial charge in [0.25, 0.3) is 0 Å². The fraction of sp³-hybridized carbons (Fsp3) is 0.667. The standard InChI is InChI=1S/C20H23NO4.CH4O/c22-13-4-3-12-9-15-20(24)6-5-14(23)18-19(20,16(12)17(13)25-18)7-8-21(15)10-11-1-2-11;1-2/h3-4,11,15,18,22,24H,1-2,5-10H2;2H,1H3/t15-,18+,19+,20-;/m1./s1. The Labute approximate surface area is 158 Å². The van der Waals surface area contributed by atoms with Crippen molar-refractivity contribution in [3.63, 3.8) is 0 Å². The number of hydrogen-bond donors (Lipinski definition) is 3. The van der Waals surface area contributed by atoms with E-state index in [1.54, 1.807) is 6.07 Å². The quantitative estimate of drug-likeness (QED) is 0.720. The highest BCUT2D eigenvalue weighted by Crippen LogP contribution is 2.64. The van der Waals surface area contributed by atoms with Crippen LogP contribution in [0, 0.1) is 5.92 Å². The molecule has 1 saturated heterocycles. The number of ether oxygens (including phenoxy) is 1. The molecule has 2 heterocycles. The normalized spacial score (nSPS) is 38.6. The smallest absolute Gasteiger partial charge is 0.174 e. The molecule has 3 N–H and O–H groups in total. The number of aliphatic hydroxyl groups excluding tert-OH is 1. The van der Waals surface area contributed by atoms with E-state index in [1.165, 1.54) is 12.8 Å². The number of aromatic hydroxyl groups is 1. The van der Waals surface area contributed by atoms with Crippen LogP contribution in [0.3, 0.4) is 0 Å². The summed E-state index contributed by atoms with van der Waals surface area (Å²) >= 11 is 0. The molecule has 0 radical (unpaired) electrons. The number of phenolic OH excluding ortho intramolecular Hbond substituents is 1. The molecule has 5 aliphatic rings. The average molecular weight is 373 g/mol. The number of nitrogens with zero attached hydrogens (tertiary/aromatic N) is 1. The molecule has 4 atom stereocenters. The number of Topliss-reactive ketones (excluding diaryl/α,β-unsaturated/α-hetero) is 1. The van der Waals surface area contributed by atoms with Crippen LogP contribution in [-0.4, -0.2) is 63.9 Å². The minimum absolute atomic E-state index is 0.0454. The maximum atomic E-state index is 12.7. The minimum Gasteiger partial charge on any atom is -0.504 e. The summed E-state index contributed by atoms with van der Waals surface area (Å²) in [6.07, 6.45) is 4.33. The lowest BCUT2D eigenvalue weighted by Crippen LogP contribution is -2.76. The SMILES string of the molecule is CO.O=C1CC[C@@]2(O)[C@H]3Cc4ccc(O)c5c4[C@@]2(CCN3CC2CC2)[C@H]1O5. The average Bonchev–Trinajstić information content (AvgIpc) is 3.41. The predicted octanol–water partition coefficient (Wildman–Crippen LogP) is 1.13. The number of carbonyl (C=O) groups is 1. The van der Waals surface area contributed by atoms with Gasteiger partial charge in [0.1, 0.15) is 0 Å². The fourth-order valence-electron chi connectivity index (χ4n) is 6.26. The number of ketones is 1. The molecule has 1 spiro atoms. The molecule has 146 valence electrons. The first-order valence-electron chi connectivity index (χ1n) is 10.0. The van der Waals surface area contributed by atoms with Crippen LogP contribution in [0.15, 0.2) is 12.1 Å². The molecule has 2 saturated carbocycles. The van der Waals surface area contributed by atoms with Gasteiger partial charge in [0.05, 0.1) is 11.0 Å². The van der Waals surface area contributed by atoms with E-state index >= 15 is 0 Å². The molecule has 3 aliphatic carbocycles. The third-order valence-corrected chi connectivity index (χ3v) is 7.56. The number of rotatable bonds is 2. The summed E-state index contributed by atoms with van der Waals surface area (Å²) in [7, 11) is 1.00. The molecule has 3 fully saturated rings. The second kappa shape index (κ2) is 5.69. The molecule has 1 aromatic carbocycles. The zero-order valence-corrected chi connectivity index (χ0v) is 15.6. The Morgan fingerprint density at radius 2 is 2.04 bits per heavy atom. The highest BCUT2D eigenvalue weighted by molar-refractivity contribution is 5.90. The van der Waals surface area contributed by atoms with Crippen LogP contribution in [0.2, 0.25) is 0 Å². The molecule has 0 unspecified atom stereocenters. The number of benzene rings is 1. The summed E-state index contributed by atoms with van der Waals surface area (Å²) in [5, 5.41) is 29.3. The molecule has 2 bridgehead atoms. The maximum Gasteiger partial charge on any atom is 0.174 e. The van der Waals surface area contributed by atoms with Gasteiger partial charge >= 0.3 is 0 Å². The summed E-state index contributed by atoms with van der Waals surface area (Å²) in [5.41, 5.74) is 0.454. The largest absolute Gasteiger partial charge is 0.504 e. The molecule has 0 amide bonds. The van der Waals surface area contributed by atoms with Crippen molar-refractivity contribution in [1.82, 2.24) is 4.90 Å². The van der Waals surface area contributed by atoms with Gasteiger partial charge < -0.3 is 20.1 Å². The number of phenols is 1. The highest BCUT2D eigenvalue weighted by atomic mass is 16.5. The van der Waals surface area contributed by atoms with E-state index < -0.39 is 17.1 Å². The van der Waals surface area contributed by atoms with Crippen molar-refractivity contribution in [3.05, 3.63) is 23.3 Å².